The van der Waals surface area contributed by atoms with Gasteiger partial charge in [0, 0.05) is 0 Å². The maximum absolute atomic E-state index is 5.66. The van der Waals surface area contributed by atoms with Crippen LogP contribution in [0.2, 0.25) is 0 Å². The summed E-state index contributed by atoms with van der Waals surface area (Å²) in [6, 6.07) is 5.98. The molecule has 1 aromatic rings. The first-order chi connectivity index (χ1) is 7.77. The molecule has 0 aliphatic heterocycles. The summed E-state index contributed by atoms with van der Waals surface area (Å²) in [6.07, 6.45) is 1.00. The molecular weight excluding hydrogens is 202 g/mol. The fourth-order valence-corrected chi connectivity index (χ4v) is 1.45. The van der Waals surface area contributed by atoms with Crippen molar-refractivity contribution in [1.82, 2.24) is 5.32 Å². The second kappa shape index (κ2) is 7.12. The van der Waals surface area contributed by atoms with Crippen LogP contribution in [0.1, 0.15) is 18.9 Å². The third-order valence-electron chi connectivity index (χ3n) is 2.32. The van der Waals surface area contributed by atoms with Crippen molar-refractivity contribution in [3.05, 3.63) is 23.8 Å². The number of hydrogen-bond acceptors (Lipinski definition) is 3. The highest BCUT2D eigenvalue weighted by Crippen LogP contribution is 2.27. The molecule has 0 saturated carbocycles. The van der Waals surface area contributed by atoms with E-state index in [0.717, 1.165) is 31.0 Å². The number of benzene rings is 1. The summed E-state index contributed by atoms with van der Waals surface area (Å²) in [6.45, 7) is 6.85. The standard InChI is InChI=1S/C13H21NO2/c1-4-14-8-5-9-16-12-7-6-11(2)10-13(12)15-3/h6-7,10,14H,4-5,8-9H2,1-3H3. The first-order valence-corrected chi connectivity index (χ1v) is 5.76. The van der Waals surface area contributed by atoms with Crippen LogP contribution in [0.25, 0.3) is 0 Å². The minimum atomic E-state index is 0.715. The van der Waals surface area contributed by atoms with Crippen molar-refractivity contribution in [2.75, 3.05) is 26.8 Å². The molecule has 90 valence electrons. The first-order valence-electron chi connectivity index (χ1n) is 5.76. The summed E-state index contributed by atoms with van der Waals surface area (Å²) < 4.78 is 10.9. The van der Waals surface area contributed by atoms with Crippen LogP contribution in [0.5, 0.6) is 11.5 Å². The van der Waals surface area contributed by atoms with Crippen molar-refractivity contribution in [1.29, 1.82) is 0 Å². The van der Waals surface area contributed by atoms with E-state index in [2.05, 4.69) is 12.2 Å². The van der Waals surface area contributed by atoms with Gasteiger partial charge in [-0.05, 0) is 44.1 Å². The van der Waals surface area contributed by atoms with E-state index < -0.39 is 0 Å². The van der Waals surface area contributed by atoms with Gasteiger partial charge < -0.3 is 14.8 Å². The Kier molecular flexibility index (Phi) is 5.72. The molecule has 0 saturated heterocycles. The lowest BCUT2D eigenvalue weighted by Gasteiger charge is -2.11. The Balaban J connectivity index is 2.41. The first kappa shape index (κ1) is 12.8. The van der Waals surface area contributed by atoms with E-state index in [4.69, 9.17) is 9.47 Å². The predicted octanol–water partition coefficient (Wildman–Crippen LogP) is 2.38. The second-order valence-corrected chi connectivity index (χ2v) is 3.71. The van der Waals surface area contributed by atoms with Gasteiger partial charge in [0.2, 0.25) is 0 Å². The van der Waals surface area contributed by atoms with Gasteiger partial charge in [-0.25, -0.2) is 0 Å². The van der Waals surface area contributed by atoms with Crippen molar-refractivity contribution in [2.45, 2.75) is 20.3 Å². The summed E-state index contributed by atoms with van der Waals surface area (Å²) in [5.74, 6) is 1.63. The molecule has 1 rings (SSSR count). The molecule has 0 radical (unpaired) electrons. The smallest absolute Gasteiger partial charge is 0.161 e. The van der Waals surface area contributed by atoms with Crippen LogP contribution in [0, 0.1) is 6.92 Å². The molecule has 0 heterocycles. The predicted molar refractivity (Wildman–Crippen MR) is 66.4 cm³/mol. The van der Waals surface area contributed by atoms with Crippen LogP contribution in [-0.4, -0.2) is 26.8 Å². The Morgan fingerprint density at radius 2 is 2.06 bits per heavy atom. The minimum absolute atomic E-state index is 0.715. The van der Waals surface area contributed by atoms with Gasteiger partial charge in [0.05, 0.1) is 13.7 Å². The molecule has 0 spiro atoms. The van der Waals surface area contributed by atoms with Gasteiger partial charge in [0.1, 0.15) is 0 Å². The zero-order valence-corrected chi connectivity index (χ0v) is 10.4. The van der Waals surface area contributed by atoms with Crippen molar-refractivity contribution in [3.63, 3.8) is 0 Å². The Morgan fingerprint density at radius 1 is 1.25 bits per heavy atom. The van der Waals surface area contributed by atoms with Crippen LogP contribution >= 0.6 is 0 Å². The number of aryl methyl sites for hydroxylation is 1. The minimum Gasteiger partial charge on any atom is -0.493 e. The third kappa shape index (κ3) is 4.11. The highest BCUT2D eigenvalue weighted by atomic mass is 16.5. The van der Waals surface area contributed by atoms with Gasteiger partial charge in [-0.15, -0.1) is 0 Å². The maximum atomic E-state index is 5.66. The van der Waals surface area contributed by atoms with Gasteiger partial charge in [0.25, 0.3) is 0 Å². The molecule has 0 atom stereocenters. The fourth-order valence-electron chi connectivity index (χ4n) is 1.45. The van der Waals surface area contributed by atoms with Gasteiger partial charge >= 0.3 is 0 Å². The Labute approximate surface area is 97.8 Å². The number of ether oxygens (including phenoxy) is 2. The van der Waals surface area contributed by atoms with Gasteiger partial charge in [-0.3, -0.25) is 0 Å². The molecule has 0 aromatic heterocycles. The van der Waals surface area contributed by atoms with Crippen molar-refractivity contribution in [2.24, 2.45) is 0 Å². The van der Waals surface area contributed by atoms with Crippen molar-refractivity contribution in [3.8, 4) is 11.5 Å². The van der Waals surface area contributed by atoms with Gasteiger partial charge in [-0.2, -0.15) is 0 Å². The normalized spacial score (nSPS) is 10.2. The largest absolute Gasteiger partial charge is 0.493 e. The SMILES string of the molecule is CCNCCCOc1ccc(C)cc1OC. The fraction of sp³-hybridized carbons (Fsp3) is 0.538. The number of methoxy groups -OCH3 is 1. The van der Waals surface area contributed by atoms with Gasteiger partial charge in [0.15, 0.2) is 11.5 Å². The summed E-state index contributed by atoms with van der Waals surface area (Å²) in [5.41, 5.74) is 1.18. The molecule has 0 amide bonds. The highest BCUT2D eigenvalue weighted by molar-refractivity contribution is 5.42. The molecule has 3 heteroatoms. The molecule has 16 heavy (non-hydrogen) atoms. The molecule has 1 N–H and O–H groups in total. The number of nitrogens with one attached hydrogen (secondary N) is 1. The lowest BCUT2D eigenvalue weighted by atomic mass is 10.2. The topological polar surface area (TPSA) is 30.5 Å². The van der Waals surface area contributed by atoms with E-state index >= 15 is 0 Å². The summed E-state index contributed by atoms with van der Waals surface area (Å²) in [5, 5.41) is 3.26. The molecule has 0 unspecified atom stereocenters. The van der Waals surface area contributed by atoms with E-state index in [9.17, 15) is 0 Å². The molecule has 1 aromatic carbocycles. The Hall–Kier alpha value is -1.22. The average molecular weight is 223 g/mol. The Morgan fingerprint density at radius 3 is 2.75 bits per heavy atom. The molecule has 0 bridgehead atoms. The zero-order chi connectivity index (χ0) is 11.8. The average Bonchev–Trinajstić information content (AvgIpc) is 2.30. The molecule has 0 fully saturated rings. The lowest BCUT2D eigenvalue weighted by Crippen LogP contribution is -2.16. The second-order valence-electron chi connectivity index (χ2n) is 3.71. The molecule has 0 aliphatic carbocycles. The number of rotatable bonds is 7. The molecular formula is C13H21NO2. The van der Waals surface area contributed by atoms with Crippen LogP contribution < -0.4 is 14.8 Å². The maximum Gasteiger partial charge on any atom is 0.161 e. The van der Waals surface area contributed by atoms with Crippen LogP contribution in [0.4, 0.5) is 0 Å². The van der Waals surface area contributed by atoms with Crippen LogP contribution in [-0.2, 0) is 0 Å². The zero-order valence-electron chi connectivity index (χ0n) is 10.4. The van der Waals surface area contributed by atoms with E-state index in [1.54, 1.807) is 7.11 Å². The summed E-state index contributed by atoms with van der Waals surface area (Å²) in [7, 11) is 1.67. The summed E-state index contributed by atoms with van der Waals surface area (Å²) >= 11 is 0. The highest BCUT2D eigenvalue weighted by Gasteiger charge is 2.03. The Bertz CT molecular complexity index is 313. The van der Waals surface area contributed by atoms with E-state index in [0.29, 0.717) is 6.61 Å². The van der Waals surface area contributed by atoms with Crippen LogP contribution in [0.15, 0.2) is 18.2 Å². The van der Waals surface area contributed by atoms with Crippen molar-refractivity contribution >= 4 is 0 Å². The lowest BCUT2D eigenvalue weighted by molar-refractivity contribution is 0.288. The van der Waals surface area contributed by atoms with Crippen LogP contribution in [0.3, 0.4) is 0 Å². The third-order valence-corrected chi connectivity index (χ3v) is 2.32. The van der Waals surface area contributed by atoms with Gasteiger partial charge in [-0.1, -0.05) is 13.0 Å². The molecule has 0 aliphatic rings. The quantitative estimate of drug-likeness (QED) is 0.720. The van der Waals surface area contributed by atoms with Crippen molar-refractivity contribution < 1.29 is 9.47 Å². The van der Waals surface area contributed by atoms with E-state index in [1.165, 1.54) is 5.56 Å². The molecule has 3 nitrogen and oxygen atoms in total. The number of hydrogen-bond donors (Lipinski definition) is 1. The van der Waals surface area contributed by atoms with E-state index in [-0.39, 0.29) is 0 Å². The summed E-state index contributed by atoms with van der Waals surface area (Å²) in [4.78, 5) is 0. The van der Waals surface area contributed by atoms with E-state index in [1.807, 2.05) is 25.1 Å². The monoisotopic (exact) mass is 223 g/mol.